The molecule has 12 aromatic rings. The van der Waals surface area contributed by atoms with Gasteiger partial charge in [0, 0.05) is 74.2 Å². The number of benzene rings is 10. The van der Waals surface area contributed by atoms with Crippen molar-refractivity contribution >= 4 is 97.1 Å². The third-order valence-corrected chi connectivity index (χ3v) is 14.5. The van der Waals surface area contributed by atoms with Crippen LogP contribution in [0.3, 0.4) is 0 Å². The molecule has 0 spiro atoms. The first-order valence-corrected chi connectivity index (χ1v) is 23.3. The molecule has 0 radical (unpaired) electrons. The van der Waals surface area contributed by atoms with E-state index in [0.717, 1.165) is 45.3 Å². The minimum atomic E-state index is 1.09. The van der Waals surface area contributed by atoms with Gasteiger partial charge in [0.25, 0.3) is 0 Å². The summed E-state index contributed by atoms with van der Waals surface area (Å²) in [7, 11) is 0. The van der Waals surface area contributed by atoms with Gasteiger partial charge in [0.05, 0.1) is 11.4 Å². The SMILES string of the molecule is c1ccc(-c2cccc(N(c3ccc4c(c3)sc3ccccc34)c3ccccc3-c3ccccc3N(c3cccc(-c4ccccc4)c3)c3ccc4c(c3)sc3ccccc34)c2)cc1. The van der Waals surface area contributed by atoms with Crippen LogP contribution in [0.15, 0.2) is 243 Å². The standard InChI is InChI=1S/C60H40N2S2/c1-3-17-41(18-4-1)43-21-15-23-45(37-43)61(47-33-35-53-51-27-9-13-31-57(51)63-59(53)39-47)55-29-11-7-25-49(55)50-26-8-12-30-56(50)62(46-24-16-22-44(38-46)42-19-5-2-6-20-42)48-34-36-54-52-28-10-14-32-58(52)64-60(54)40-48/h1-40H. The van der Waals surface area contributed by atoms with Crippen molar-refractivity contribution < 1.29 is 0 Å². The van der Waals surface area contributed by atoms with E-state index in [1.807, 2.05) is 22.7 Å². The molecule has 2 heterocycles. The Hall–Kier alpha value is -7.76. The van der Waals surface area contributed by atoms with Crippen LogP contribution in [-0.2, 0) is 0 Å². The molecule has 12 rings (SSSR count). The zero-order chi connectivity index (χ0) is 42.4. The van der Waals surface area contributed by atoms with Gasteiger partial charge in [0.15, 0.2) is 0 Å². The highest BCUT2D eigenvalue weighted by atomic mass is 32.1. The number of fused-ring (bicyclic) bond motifs is 6. The van der Waals surface area contributed by atoms with Crippen LogP contribution in [0.1, 0.15) is 0 Å². The van der Waals surface area contributed by atoms with Crippen molar-refractivity contribution in [1.82, 2.24) is 0 Å². The molecule has 2 aromatic heterocycles. The molecule has 0 bridgehead atoms. The molecular formula is C60H40N2S2. The number of hydrogen-bond donors (Lipinski definition) is 0. The van der Waals surface area contributed by atoms with Gasteiger partial charge in [-0.25, -0.2) is 0 Å². The van der Waals surface area contributed by atoms with Gasteiger partial charge in [0.2, 0.25) is 0 Å². The van der Waals surface area contributed by atoms with Crippen LogP contribution in [0.4, 0.5) is 34.1 Å². The first kappa shape index (κ1) is 38.0. The van der Waals surface area contributed by atoms with Crippen molar-refractivity contribution in [2.45, 2.75) is 0 Å². The summed E-state index contributed by atoms with van der Waals surface area (Å²) in [5.41, 5.74) is 13.6. The van der Waals surface area contributed by atoms with E-state index in [4.69, 9.17) is 0 Å². The topological polar surface area (TPSA) is 6.48 Å². The van der Waals surface area contributed by atoms with Crippen molar-refractivity contribution in [2.24, 2.45) is 0 Å². The fraction of sp³-hybridized carbons (Fsp3) is 0. The lowest BCUT2D eigenvalue weighted by Crippen LogP contribution is -2.13. The number of nitrogens with zero attached hydrogens (tertiary/aromatic N) is 2. The molecule has 0 saturated heterocycles. The largest absolute Gasteiger partial charge is 0.310 e. The average molecular weight is 853 g/mol. The first-order valence-electron chi connectivity index (χ1n) is 21.7. The van der Waals surface area contributed by atoms with Crippen LogP contribution in [-0.4, -0.2) is 0 Å². The summed E-state index contributed by atoms with van der Waals surface area (Å²) in [4.78, 5) is 4.90. The van der Waals surface area contributed by atoms with E-state index in [-0.39, 0.29) is 0 Å². The van der Waals surface area contributed by atoms with Gasteiger partial charge in [-0.2, -0.15) is 0 Å². The molecule has 0 amide bonds. The molecule has 0 aliphatic heterocycles. The van der Waals surface area contributed by atoms with Gasteiger partial charge >= 0.3 is 0 Å². The summed E-state index contributed by atoms with van der Waals surface area (Å²) >= 11 is 3.71. The van der Waals surface area contributed by atoms with E-state index in [2.05, 4.69) is 252 Å². The van der Waals surface area contributed by atoms with Crippen molar-refractivity contribution in [3.05, 3.63) is 243 Å². The summed E-state index contributed by atoms with van der Waals surface area (Å²) in [5, 5.41) is 5.16. The Morgan fingerprint density at radius 3 is 1.06 bits per heavy atom. The molecule has 0 saturated carbocycles. The van der Waals surface area contributed by atoms with Crippen LogP contribution in [0, 0.1) is 0 Å². The lowest BCUT2D eigenvalue weighted by molar-refractivity contribution is 1.27. The smallest absolute Gasteiger partial charge is 0.0540 e. The molecule has 4 heteroatoms. The lowest BCUT2D eigenvalue weighted by atomic mass is 9.97. The number of hydrogen-bond acceptors (Lipinski definition) is 4. The Morgan fingerprint density at radius 2 is 0.594 bits per heavy atom. The molecule has 0 N–H and O–H groups in total. The molecule has 0 fully saturated rings. The highest BCUT2D eigenvalue weighted by Gasteiger charge is 2.24. The quantitative estimate of drug-likeness (QED) is 0.143. The summed E-state index contributed by atoms with van der Waals surface area (Å²) < 4.78 is 5.13. The highest BCUT2D eigenvalue weighted by molar-refractivity contribution is 7.26. The number of anilines is 6. The van der Waals surface area contributed by atoms with E-state index in [0.29, 0.717) is 0 Å². The Bertz CT molecular complexity index is 3400. The zero-order valence-electron chi connectivity index (χ0n) is 34.8. The van der Waals surface area contributed by atoms with E-state index in [1.54, 1.807) is 0 Å². The van der Waals surface area contributed by atoms with E-state index in [9.17, 15) is 0 Å². The summed E-state index contributed by atoms with van der Waals surface area (Å²) in [6.45, 7) is 0. The van der Waals surface area contributed by atoms with Crippen LogP contribution in [0.25, 0.3) is 73.7 Å². The van der Waals surface area contributed by atoms with Crippen LogP contribution < -0.4 is 9.80 Å². The highest BCUT2D eigenvalue weighted by Crippen LogP contribution is 2.49. The molecule has 64 heavy (non-hydrogen) atoms. The Kier molecular flexibility index (Phi) is 9.59. The predicted molar refractivity (Wildman–Crippen MR) is 278 cm³/mol. The van der Waals surface area contributed by atoms with Gasteiger partial charge in [-0.15, -0.1) is 22.7 Å². The maximum absolute atomic E-state index is 2.45. The second kappa shape index (κ2) is 16.2. The van der Waals surface area contributed by atoms with E-state index in [1.165, 1.54) is 62.6 Å². The second-order valence-electron chi connectivity index (χ2n) is 16.1. The molecule has 0 aliphatic carbocycles. The zero-order valence-corrected chi connectivity index (χ0v) is 36.4. The van der Waals surface area contributed by atoms with Gasteiger partial charge in [-0.1, -0.05) is 170 Å². The average Bonchev–Trinajstić information content (AvgIpc) is 3.93. The molecule has 302 valence electrons. The van der Waals surface area contributed by atoms with Gasteiger partial charge in [-0.3, -0.25) is 0 Å². The van der Waals surface area contributed by atoms with Crippen molar-refractivity contribution in [3.63, 3.8) is 0 Å². The van der Waals surface area contributed by atoms with Gasteiger partial charge in [0.1, 0.15) is 0 Å². The Labute approximate surface area is 380 Å². The van der Waals surface area contributed by atoms with Crippen molar-refractivity contribution in [2.75, 3.05) is 9.80 Å². The van der Waals surface area contributed by atoms with Crippen molar-refractivity contribution in [1.29, 1.82) is 0 Å². The van der Waals surface area contributed by atoms with Gasteiger partial charge in [-0.05, 0) is 95.1 Å². The minimum absolute atomic E-state index is 1.09. The fourth-order valence-corrected chi connectivity index (χ4v) is 11.5. The second-order valence-corrected chi connectivity index (χ2v) is 18.3. The molecular weight excluding hydrogens is 813 g/mol. The van der Waals surface area contributed by atoms with Gasteiger partial charge < -0.3 is 9.80 Å². The molecule has 0 unspecified atom stereocenters. The van der Waals surface area contributed by atoms with Crippen LogP contribution >= 0.6 is 22.7 Å². The van der Waals surface area contributed by atoms with E-state index < -0.39 is 0 Å². The number of para-hydroxylation sites is 2. The fourth-order valence-electron chi connectivity index (χ4n) is 9.26. The third-order valence-electron chi connectivity index (χ3n) is 12.2. The maximum atomic E-state index is 2.45. The number of thiophene rings is 2. The number of rotatable bonds is 9. The third kappa shape index (κ3) is 6.81. The van der Waals surface area contributed by atoms with Crippen LogP contribution in [0.2, 0.25) is 0 Å². The molecule has 0 atom stereocenters. The monoisotopic (exact) mass is 852 g/mol. The normalized spacial score (nSPS) is 11.4. The summed E-state index contributed by atoms with van der Waals surface area (Å²) in [6, 6.07) is 88.5. The lowest BCUT2D eigenvalue weighted by Gasteiger charge is -2.31. The molecule has 0 aliphatic rings. The Balaban J connectivity index is 1.07. The Morgan fingerprint density at radius 1 is 0.234 bits per heavy atom. The van der Waals surface area contributed by atoms with Crippen molar-refractivity contribution in [3.8, 4) is 33.4 Å². The molecule has 2 nitrogen and oxygen atoms in total. The van der Waals surface area contributed by atoms with E-state index >= 15 is 0 Å². The summed E-state index contributed by atoms with van der Waals surface area (Å²) in [5.74, 6) is 0. The van der Waals surface area contributed by atoms with Crippen LogP contribution in [0.5, 0.6) is 0 Å². The summed E-state index contributed by atoms with van der Waals surface area (Å²) in [6.07, 6.45) is 0. The first-order chi connectivity index (χ1) is 31.7. The maximum Gasteiger partial charge on any atom is 0.0540 e. The molecule has 10 aromatic carbocycles. The predicted octanol–water partition coefficient (Wildman–Crippen LogP) is 18.4. The minimum Gasteiger partial charge on any atom is -0.310 e.